The minimum absolute atomic E-state index is 0.617. The Bertz CT molecular complexity index is 805. The number of aryl methyl sites for hydroxylation is 3. The van der Waals surface area contributed by atoms with Crippen LogP contribution < -0.4 is 4.74 Å². The molecule has 108 valence electrons. The lowest BCUT2D eigenvalue weighted by atomic mass is 10.1. The highest BCUT2D eigenvalue weighted by Crippen LogP contribution is 2.27. The summed E-state index contributed by atoms with van der Waals surface area (Å²) >= 11 is 0. The number of pyridine rings is 1. The van der Waals surface area contributed by atoms with Gasteiger partial charge in [-0.1, -0.05) is 11.6 Å². The first-order valence-corrected chi connectivity index (χ1v) is 7.16. The Kier molecular flexibility index (Phi) is 3.37. The molecule has 0 aliphatic heterocycles. The van der Waals surface area contributed by atoms with Gasteiger partial charge in [-0.05, 0) is 45.9 Å². The summed E-state index contributed by atoms with van der Waals surface area (Å²) in [6, 6.07) is 10.3. The van der Waals surface area contributed by atoms with Crippen LogP contribution in [0.1, 0.15) is 23.9 Å². The van der Waals surface area contributed by atoms with E-state index in [9.17, 15) is 0 Å². The Morgan fingerprint density at radius 2 is 1.86 bits per heavy atom. The number of aromatic nitrogens is 3. The molecule has 0 spiro atoms. The van der Waals surface area contributed by atoms with Crippen molar-refractivity contribution in [3.8, 4) is 11.6 Å². The number of nitrogens with zero attached hydrogens (tertiary/aromatic N) is 3. The highest BCUT2D eigenvalue weighted by atomic mass is 16.5. The number of hydrogen-bond acceptors (Lipinski definition) is 3. The molecule has 2 heterocycles. The molecule has 0 bridgehead atoms. The van der Waals surface area contributed by atoms with Gasteiger partial charge in [0.25, 0.3) is 0 Å². The van der Waals surface area contributed by atoms with Gasteiger partial charge in [0.15, 0.2) is 0 Å². The van der Waals surface area contributed by atoms with Crippen LogP contribution in [0.5, 0.6) is 5.88 Å². The minimum atomic E-state index is 0.617. The lowest BCUT2D eigenvalue weighted by Gasteiger charge is -2.12. The van der Waals surface area contributed by atoms with E-state index in [0.29, 0.717) is 6.61 Å². The van der Waals surface area contributed by atoms with Gasteiger partial charge >= 0.3 is 0 Å². The van der Waals surface area contributed by atoms with E-state index in [1.165, 1.54) is 5.56 Å². The van der Waals surface area contributed by atoms with Crippen molar-refractivity contribution in [2.24, 2.45) is 0 Å². The molecule has 0 aliphatic rings. The molecule has 0 N–H and O–H groups in total. The van der Waals surface area contributed by atoms with Gasteiger partial charge in [0.2, 0.25) is 5.88 Å². The SMILES string of the molecule is CCOc1cc(C)nn1-c1cc(C)nc2ccc(C)cc12. The van der Waals surface area contributed by atoms with Crippen molar-refractivity contribution in [2.75, 3.05) is 6.61 Å². The van der Waals surface area contributed by atoms with E-state index in [4.69, 9.17) is 4.74 Å². The quantitative estimate of drug-likeness (QED) is 0.734. The molecular weight excluding hydrogens is 262 g/mol. The van der Waals surface area contributed by atoms with E-state index in [-0.39, 0.29) is 0 Å². The third-order valence-corrected chi connectivity index (χ3v) is 3.39. The summed E-state index contributed by atoms with van der Waals surface area (Å²) in [6.45, 7) is 8.65. The molecule has 0 aliphatic carbocycles. The van der Waals surface area contributed by atoms with Crippen molar-refractivity contribution in [2.45, 2.75) is 27.7 Å². The number of benzene rings is 1. The summed E-state index contributed by atoms with van der Waals surface area (Å²) in [4.78, 5) is 4.60. The van der Waals surface area contributed by atoms with E-state index < -0.39 is 0 Å². The van der Waals surface area contributed by atoms with Crippen molar-refractivity contribution in [3.05, 3.63) is 47.3 Å². The molecule has 0 unspecified atom stereocenters. The van der Waals surface area contributed by atoms with E-state index in [1.807, 2.05) is 31.5 Å². The maximum atomic E-state index is 5.71. The Morgan fingerprint density at radius 1 is 1.05 bits per heavy atom. The average molecular weight is 281 g/mol. The van der Waals surface area contributed by atoms with Crippen LogP contribution in [0.4, 0.5) is 0 Å². The highest BCUT2D eigenvalue weighted by Gasteiger charge is 2.13. The third-order valence-electron chi connectivity index (χ3n) is 3.39. The van der Waals surface area contributed by atoms with Crippen molar-refractivity contribution in [3.63, 3.8) is 0 Å². The molecule has 4 nitrogen and oxygen atoms in total. The lowest BCUT2D eigenvalue weighted by molar-refractivity contribution is 0.317. The molecule has 0 saturated heterocycles. The van der Waals surface area contributed by atoms with Gasteiger partial charge in [0.1, 0.15) is 0 Å². The summed E-state index contributed by atoms with van der Waals surface area (Å²) in [6.07, 6.45) is 0. The van der Waals surface area contributed by atoms with Gasteiger partial charge in [-0.2, -0.15) is 5.10 Å². The molecule has 0 fully saturated rings. The first-order chi connectivity index (χ1) is 10.1. The van der Waals surface area contributed by atoms with Crippen LogP contribution in [0, 0.1) is 20.8 Å². The number of rotatable bonds is 3. The zero-order valence-electron chi connectivity index (χ0n) is 12.8. The highest BCUT2D eigenvalue weighted by molar-refractivity contribution is 5.88. The van der Waals surface area contributed by atoms with Crippen LogP contribution in [-0.4, -0.2) is 21.4 Å². The van der Waals surface area contributed by atoms with E-state index >= 15 is 0 Å². The molecule has 3 aromatic rings. The van der Waals surface area contributed by atoms with Gasteiger partial charge < -0.3 is 4.74 Å². The molecule has 4 heteroatoms. The molecule has 0 saturated carbocycles. The maximum absolute atomic E-state index is 5.71. The molecule has 0 radical (unpaired) electrons. The first-order valence-electron chi connectivity index (χ1n) is 7.16. The summed E-state index contributed by atoms with van der Waals surface area (Å²) < 4.78 is 7.58. The Labute approximate surface area is 124 Å². The second kappa shape index (κ2) is 5.20. The maximum Gasteiger partial charge on any atom is 0.216 e. The van der Waals surface area contributed by atoms with Crippen LogP contribution in [0.3, 0.4) is 0 Å². The van der Waals surface area contributed by atoms with Gasteiger partial charge in [0.05, 0.1) is 23.5 Å². The minimum Gasteiger partial charge on any atom is -0.478 e. The van der Waals surface area contributed by atoms with Gasteiger partial charge in [-0.15, -0.1) is 0 Å². The van der Waals surface area contributed by atoms with E-state index in [1.54, 1.807) is 0 Å². The molecule has 0 amide bonds. The summed E-state index contributed by atoms with van der Waals surface area (Å²) in [5.74, 6) is 0.767. The van der Waals surface area contributed by atoms with Crippen molar-refractivity contribution >= 4 is 10.9 Å². The normalized spacial score (nSPS) is 11.0. The van der Waals surface area contributed by atoms with E-state index in [2.05, 4.69) is 41.3 Å². The van der Waals surface area contributed by atoms with Gasteiger partial charge in [-0.3, -0.25) is 4.98 Å². The Morgan fingerprint density at radius 3 is 2.62 bits per heavy atom. The number of hydrogen-bond donors (Lipinski definition) is 0. The Hall–Kier alpha value is -2.36. The summed E-state index contributed by atoms with van der Waals surface area (Å²) in [7, 11) is 0. The van der Waals surface area contributed by atoms with Crippen molar-refractivity contribution < 1.29 is 4.74 Å². The topological polar surface area (TPSA) is 39.9 Å². The fourth-order valence-electron chi connectivity index (χ4n) is 2.52. The molecule has 1 aromatic carbocycles. The second-order valence-corrected chi connectivity index (χ2v) is 5.27. The standard InChI is InChI=1S/C17H19N3O/c1-5-21-17-10-13(4)19-20(17)16-9-12(3)18-15-7-6-11(2)8-14(15)16/h6-10H,5H2,1-4H3. The fourth-order valence-corrected chi connectivity index (χ4v) is 2.52. The third kappa shape index (κ3) is 2.49. The van der Waals surface area contributed by atoms with Crippen LogP contribution in [0.15, 0.2) is 30.3 Å². The zero-order valence-corrected chi connectivity index (χ0v) is 12.8. The summed E-state index contributed by atoms with van der Waals surface area (Å²) in [5, 5.41) is 5.67. The predicted octanol–water partition coefficient (Wildman–Crippen LogP) is 3.74. The fraction of sp³-hybridized carbons (Fsp3) is 0.294. The van der Waals surface area contributed by atoms with Crippen LogP contribution in [0.2, 0.25) is 0 Å². The lowest BCUT2D eigenvalue weighted by Crippen LogP contribution is -2.04. The number of fused-ring (bicyclic) bond motifs is 1. The van der Waals surface area contributed by atoms with Crippen LogP contribution in [-0.2, 0) is 0 Å². The first kappa shape index (κ1) is 13.6. The molecule has 21 heavy (non-hydrogen) atoms. The molecular formula is C17H19N3O. The summed E-state index contributed by atoms with van der Waals surface area (Å²) in [5.41, 5.74) is 5.10. The van der Waals surface area contributed by atoms with E-state index in [0.717, 1.165) is 33.9 Å². The largest absolute Gasteiger partial charge is 0.478 e. The van der Waals surface area contributed by atoms with Crippen molar-refractivity contribution in [1.29, 1.82) is 0 Å². The molecule has 3 rings (SSSR count). The number of ether oxygens (including phenoxy) is 1. The molecule has 0 atom stereocenters. The molecule has 2 aromatic heterocycles. The monoisotopic (exact) mass is 281 g/mol. The zero-order chi connectivity index (χ0) is 15.0. The smallest absolute Gasteiger partial charge is 0.216 e. The van der Waals surface area contributed by atoms with Gasteiger partial charge in [-0.25, -0.2) is 4.68 Å². The van der Waals surface area contributed by atoms with Gasteiger partial charge in [0, 0.05) is 17.1 Å². The van der Waals surface area contributed by atoms with Crippen molar-refractivity contribution in [1.82, 2.24) is 14.8 Å². The van der Waals surface area contributed by atoms with Crippen LogP contribution >= 0.6 is 0 Å². The van der Waals surface area contributed by atoms with Crippen LogP contribution in [0.25, 0.3) is 16.6 Å². The Balaban J connectivity index is 2.31. The predicted molar refractivity (Wildman–Crippen MR) is 84.2 cm³/mol. The second-order valence-electron chi connectivity index (χ2n) is 5.27. The average Bonchev–Trinajstić information content (AvgIpc) is 2.80.